The predicted molar refractivity (Wildman–Crippen MR) is 92.6 cm³/mol. The van der Waals surface area contributed by atoms with Gasteiger partial charge in [0.15, 0.2) is 0 Å². The highest BCUT2D eigenvalue weighted by molar-refractivity contribution is 6.12. The smallest absolute Gasteiger partial charge is 0.253 e. The number of unbranched alkanes of at least 4 members (excludes halogenated alkanes) is 1. The molecule has 1 heterocycles. The number of carbonyl (C=O) groups is 4. The molecule has 1 aliphatic heterocycles. The summed E-state index contributed by atoms with van der Waals surface area (Å²) in [6.07, 6.45) is 3.83. The van der Waals surface area contributed by atoms with Crippen LogP contribution in [0, 0.1) is 5.92 Å². The van der Waals surface area contributed by atoms with Crippen LogP contribution < -0.4 is 5.32 Å². The number of halogens is 2. The second-order valence-corrected chi connectivity index (χ2v) is 6.92. The minimum atomic E-state index is -2.81. The van der Waals surface area contributed by atoms with E-state index >= 15 is 0 Å². The van der Waals surface area contributed by atoms with Crippen LogP contribution in [0.25, 0.3) is 0 Å². The maximum Gasteiger partial charge on any atom is 0.253 e. The van der Waals surface area contributed by atoms with Crippen molar-refractivity contribution in [2.45, 2.75) is 44.4 Å². The van der Waals surface area contributed by atoms with E-state index in [1.807, 2.05) is 0 Å². The number of hydrogen-bond acceptors (Lipinski definition) is 4. The third kappa shape index (κ3) is 5.58. The Morgan fingerprint density at radius 3 is 2.48 bits per heavy atom. The third-order valence-electron chi connectivity index (χ3n) is 4.99. The number of amides is 4. The van der Waals surface area contributed by atoms with Gasteiger partial charge in [-0.2, -0.15) is 0 Å². The Morgan fingerprint density at radius 1 is 1.26 bits per heavy atom. The van der Waals surface area contributed by atoms with E-state index in [1.165, 1.54) is 24.1 Å². The van der Waals surface area contributed by atoms with Crippen LogP contribution in [0.15, 0.2) is 12.2 Å². The average molecular weight is 385 g/mol. The lowest BCUT2D eigenvalue weighted by molar-refractivity contribution is -0.138. The SMILES string of the molecule is CNC(=O)CN(CC1CCCC1(F)F)C(=O)CCCCN1C(=O)C=CC1=O. The number of nitrogens with zero attached hydrogens (tertiary/aromatic N) is 2. The van der Waals surface area contributed by atoms with Gasteiger partial charge in [0, 0.05) is 51.0 Å². The van der Waals surface area contributed by atoms with Crippen molar-refractivity contribution in [3.8, 4) is 0 Å². The first-order valence-electron chi connectivity index (χ1n) is 9.14. The number of likely N-dealkylation sites (N-methyl/N-ethyl adjacent to an activating group) is 1. The maximum absolute atomic E-state index is 13.9. The molecule has 1 fully saturated rings. The zero-order valence-corrected chi connectivity index (χ0v) is 15.4. The lowest BCUT2D eigenvalue weighted by Crippen LogP contribution is -2.44. The number of nitrogens with one attached hydrogen (secondary N) is 1. The highest BCUT2D eigenvalue weighted by Gasteiger charge is 2.44. The van der Waals surface area contributed by atoms with Crippen molar-refractivity contribution in [2.24, 2.45) is 5.92 Å². The summed E-state index contributed by atoms with van der Waals surface area (Å²) in [7, 11) is 1.42. The fourth-order valence-corrected chi connectivity index (χ4v) is 3.35. The Kier molecular flexibility index (Phi) is 7.04. The zero-order valence-electron chi connectivity index (χ0n) is 15.4. The van der Waals surface area contributed by atoms with Gasteiger partial charge < -0.3 is 10.2 Å². The molecule has 0 aromatic heterocycles. The van der Waals surface area contributed by atoms with Crippen molar-refractivity contribution >= 4 is 23.6 Å². The largest absolute Gasteiger partial charge is 0.358 e. The molecule has 1 atom stereocenters. The first-order valence-corrected chi connectivity index (χ1v) is 9.14. The first-order chi connectivity index (χ1) is 12.7. The van der Waals surface area contributed by atoms with Crippen LogP contribution in [0.3, 0.4) is 0 Å². The minimum absolute atomic E-state index is 0.0684. The summed E-state index contributed by atoms with van der Waals surface area (Å²) < 4.78 is 27.8. The summed E-state index contributed by atoms with van der Waals surface area (Å²) in [6, 6.07) is 0. The van der Waals surface area contributed by atoms with E-state index in [1.54, 1.807) is 0 Å². The topological polar surface area (TPSA) is 86.8 Å². The van der Waals surface area contributed by atoms with E-state index in [4.69, 9.17) is 0 Å². The molecule has 7 nitrogen and oxygen atoms in total. The van der Waals surface area contributed by atoms with Crippen molar-refractivity contribution in [3.63, 3.8) is 0 Å². The molecule has 1 unspecified atom stereocenters. The van der Waals surface area contributed by atoms with Crippen LogP contribution >= 0.6 is 0 Å². The molecule has 27 heavy (non-hydrogen) atoms. The molecule has 4 amide bonds. The number of carbonyl (C=O) groups excluding carboxylic acids is 4. The van der Waals surface area contributed by atoms with E-state index in [9.17, 15) is 28.0 Å². The molecule has 2 rings (SSSR count). The van der Waals surface area contributed by atoms with E-state index in [0.29, 0.717) is 25.7 Å². The summed E-state index contributed by atoms with van der Waals surface area (Å²) in [4.78, 5) is 49.3. The fraction of sp³-hybridized carbons (Fsp3) is 0.667. The molecule has 0 saturated heterocycles. The van der Waals surface area contributed by atoms with Gasteiger partial charge in [-0.15, -0.1) is 0 Å². The van der Waals surface area contributed by atoms with Gasteiger partial charge in [-0.25, -0.2) is 8.78 Å². The van der Waals surface area contributed by atoms with Gasteiger partial charge in [-0.3, -0.25) is 24.1 Å². The first kappa shape index (κ1) is 21.0. The fourth-order valence-electron chi connectivity index (χ4n) is 3.35. The summed E-state index contributed by atoms with van der Waals surface area (Å²) in [5.74, 6) is -5.29. The van der Waals surface area contributed by atoms with Gasteiger partial charge in [0.2, 0.25) is 11.8 Å². The molecule has 1 saturated carbocycles. The molecule has 0 aromatic rings. The summed E-state index contributed by atoms with van der Waals surface area (Å²) >= 11 is 0. The van der Waals surface area contributed by atoms with Crippen molar-refractivity contribution in [1.82, 2.24) is 15.1 Å². The Balaban J connectivity index is 1.84. The summed E-state index contributed by atoms with van der Waals surface area (Å²) in [6.45, 7) is -0.199. The zero-order chi connectivity index (χ0) is 20.0. The number of imide groups is 1. The molecule has 0 aromatic carbocycles. The Hall–Kier alpha value is -2.32. The number of hydrogen-bond donors (Lipinski definition) is 1. The molecule has 0 bridgehead atoms. The lowest BCUT2D eigenvalue weighted by atomic mass is 10.0. The Morgan fingerprint density at radius 2 is 1.93 bits per heavy atom. The third-order valence-corrected chi connectivity index (χ3v) is 4.99. The molecule has 150 valence electrons. The summed E-state index contributed by atoms with van der Waals surface area (Å²) in [5, 5.41) is 2.40. The van der Waals surface area contributed by atoms with Crippen LogP contribution in [0.4, 0.5) is 8.78 Å². The van der Waals surface area contributed by atoms with Gasteiger partial charge in [0.1, 0.15) is 0 Å². The molecular formula is C18H25F2N3O4. The highest BCUT2D eigenvalue weighted by Crippen LogP contribution is 2.40. The lowest BCUT2D eigenvalue weighted by Gasteiger charge is -2.28. The molecule has 0 spiro atoms. The monoisotopic (exact) mass is 385 g/mol. The standard InChI is InChI=1S/C18H25F2N3O4/c1-21-14(24)12-22(11-13-5-4-9-18(13,19)20)15(25)6-2-3-10-23-16(26)7-8-17(23)27/h7-8,13H,2-6,9-12H2,1H3,(H,21,24). The minimum Gasteiger partial charge on any atom is -0.358 e. The van der Waals surface area contributed by atoms with E-state index in [2.05, 4.69) is 5.32 Å². The van der Waals surface area contributed by atoms with Crippen molar-refractivity contribution in [2.75, 3.05) is 26.7 Å². The number of alkyl halides is 2. The normalized spacial score (nSPS) is 21.0. The Bertz CT molecular complexity index is 618. The van der Waals surface area contributed by atoms with Gasteiger partial charge >= 0.3 is 0 Å². The van der Waals surface area contributed by atoms with Gasteiger partial charge in [0.05, 0.1) is 6.54 Å². The second-order valence-electron chi connectivity index (χ2n) is 6.92. The molecule has 9 heteroatoms. The van der Waals surface area contributed by atoms with Crippen molar-refractivity contribution in [3.05, 3.63) is 12.2 Å². The van der Waals surface area contributed by atoms with E-state index in [0.717, 1.165) is 4.90 Å². The molecule has 1 aliphatic carbocycles. The maximum atomic E-state index is 13.9. The Labute approximate surface area is 156 Å². The van der Waals surface area contributed by atoms with Crippen LogP contribution in [0.2, 0.25) is 0 Å². The van der Waals surface area contributed by atoms with Crippen molar-refractivity contribution < 1.29 is 28.0 Å². The molecule has 2 aliphatic rings. The van der Waals surface area contributed by atoms with Gasteiger partial charge in [0.25, 0.3) is 17.7 Å². The number of rotatable bonds is 9. The highest BCUT2D eigenvalue weighted by atomic mass is 19.3. The van der Waals surface area contributed by atoms with Crippen LogP contribution in [0.5, 0.6) is 0 Å². The second kappa shape index (κ2) is 9.05. The molecule has 0 radical (unpaired) electrons. The quantitative estimate of drug-likeness (QED) is 0.476. The average Bonchev–Trinajstić information content (AvgIpc) is 3.12. The van der Waals surface area contributed by atoms with E-state index < -0.39 is 17.7 Å². The predicted octanol–water partition coefficient (Wildman–Crippen LogP) is 1.09. The van der Waals surface area contributed by atoms with Crippen molar-refractivity contribution in [1.29, 1.82) is 0 Å². The van der Waals surface area contributed by atoms with Crippen LogP contribution in [-0.2, 0) is 19.2 Å². The summed E-state index contributed by atoms with van der Waals surface area (Å²) in [5.41, 5.74) is 0. The molecule has 1 N–H and O–H groups in total. The molecular weight excluding hydrogens is 360 g/mol. The van der Waals surface area contributed by atoms with Crippen LogP contribution in [0.1, 0.15) is 38.5 Å². The van der Waals surface area contributed by atoms with Gasteiger partial charge in [-0.05, 0) is 25.7 Å². The van der Waals surface area contributed by atoms with Gasteiger partial charge in [-0.1, -0.05) is 0 Å². The van der Waals surface area contributed by atoms with E-state index in [-0.39, 0.29) is 50.2 Å². The van der Waals surface area contributed by atoms with Crippen LogP contribution in [-0.4, -0.2) is 66.0 Å².